The first-order valence-corrected chi connectivity index (χ1v) is 9.79. The van der Waals surface area contributed by atoms with Gasteiger partial charge in [-0.2, -0.15) is 0 Å². The lowest BCUT2D eigenvalue weighted by atomic mass is 9.91. The molecular formula is C25H26N2O. The van der Waals surface area contributed by atoms with Gasteiger partial charge in [0.1, 0.15) is 11.6 Å². The Kier molecular flexibility index (Phi) is 5.16. The van der Waals surface area contributed by atoms with Crippen molar-refractivity contribution < 1.29 is 4.74 Å². The van der Waals surface area contributed by atoms with Crippen molar-refractivity contribution in [3.8, 4) is 5.75 Å². The summed E-state index contributed by atoms with van der Waals surface area (Å²) in [5.41, 5.74) is 4.78. The van der Waals surface area contributed by atoms with Gasteiger partial charge in [0.2, 0.25) is 0 Å². The van der Waals surface area contributed by atoms with Crippen molar-refractivity contribution in [1.29, 1.82) is 0 Å². The van der Waals surface area contributed by atoms with E-state index in [9.17, 15) is 0 Å². The normalized spacial score (nSPS) is 15.9. The van der Waals surface area contributed by atoms with E-state index in [1.165, 1.54) is 16.7 Å². The molecule has 0 bridgehead atoms. The molecule has 0 N–H and O–H groups in total. The van der Waals surface area contributed by atoms with E-state index in [-0.39, 0.29) is 6.04 Å². The molecule has 0 fully saturated rings. The van der Waals surface area contributed by atoms with Gasteiger partial charge >= 0.3 is 0 Å². The van der Waals surface area contributed by atoms with Crippen molar-refractivity contribution in [1.82, 2.24) is 4.90 Å². The Morgan fingerprint density at radius 2 is 1.61 bits per heavy atom. The largest absolute Gasteiger partial charge is 0.497 e. The standard InChI is InChI=1S/C25H26N2O/c1-18(2)25-26-23-16-21(28-3)14-15-22(23)24(20-12-8-5-9-13-20)27(25)17-19-10-6-4-7-11-19/h4-16,18,24H,17H2,1-3H3. The Labute approximate surface area is 167 Å². The lowest BCUT2D eigenvalue weighted by Gasteiger charge is -2.40. The number of hydrogen-bond acceptors (Lipinski definition) is 3. The van der Waals surface area contributed by atoms with Gasteiger partial charge in [-0.15, -0.1) is 0 Å². The lowest BCUT2D eigenvalue weighted by molar-refractivity contribution is 0.328. The summed E-state index contributed by atoms with van der Waals surface area (Å²) in [6.45, 7) is 5.25. The Morgan fingerprint density at radius 1 is 0.929 bits per heavy atom. The van der Waals surface area contributed by atoms with Gasteiger partial charge in [0.05, 0.1) is 18.8 Å². The van der Waals surface area contributed by atoms with Crippen LogP contribution in [0.2, 0.25) is 0 Å². The zero-order chi connectivity index (χ0) is 19.5. The third-order valence-electron chi connectivity index (χ3n) is 5.20. The maximum atomic E-state index is 5.46. The van der Waals surface area contributed by atoms with Gasteiger partial charge in [-0.25, -0.2) is 4.99 Å². The number of benzene rings is 3. The second-order valence-electron chi connectivity index (χ2n) is 7.48. The fourth-order valence-corrected chi connectivity index (χ4v) is 3.87. The molecule has 3 heteroatoms. The molecule has 1 aliphatic heterocycles. The average molecular weight is 370 g/mol. The molecule has 0 aliphatic carbocycles. The number of amidine groups is 1. The van der Waals surface area contributed by atoms with E-state index in [2.05, 4.69) is 85.5 Å². The van der Waals surface area contributed by atoms with Crippen molar-refractivity contribution >= 4 is 11.5 Å². The number of aliphatic imine (C=N–C) groups is 1. The maximum Gasteiger partial charge on any atom is 0.121 e. The highest BCUT2D eigenvalue weighted by Crippen LogP contribution is 2.42. The molecule has 0 radical (unpaired) electrons. The summed E-state index contributed by atoms with van der Waals surface area (Å²) in [5.74, 6) is 2.27. The van der Waals surface area contributed by atoms with Gasteiger partial charge in [0, 0.05) is 24.1 Å². The van der Waals surface area contributed by atoms with E-state index in [4.69, 9.17) is 9.73 Å². The van der Waals surface area contributed by atoms with Crippen LogP contribution >= 0.6 is 0 Å². The molecule has 1 aliphatic rings. The molecule has 3 aromatic rings. The van der Waals surface area contributed by atoms with Crippen LogP contribution in [-0.2, 0) is 6.54 Å². The van der Waals surface area contributed by atoms with Crippen molar-refractivity contribution in [3.63, 3.8) is 0 Å². The van der Waals surface area contributed by atoms with Crippen LogP contribution in [0.4, 0.5) is 5.69 Å². The molecule has 28 heavy (non-hydrogen) atoms. The van der Waals surface area contributed by atoms with Crippen molar-refractivity contribution in [2.24, 2.45) is 10.9 Å². The Bertz CT molecular complexity index is 964. The average Bonchev–Trinajstić information content (AvgIpc) is 2.74. The number of fused-ring (bicyclic) bond motifs is 1. The fraction of sp³-hybridized carbons (Fsp3) is 0.240. The van der Waals surface area contributed by atoms with E-state index in [0.29, 0.717) is 5.92 Å². The van der Waals surface area contributed by atoms with Crippen molar-refractivity contribution in [3.05, 3.63) is 95.6 Å². The summed E-state index contributed by atoms with van der Waals surface area (Å²) >= 11 is 0. The molecule has 0 spiro atoms. The van der Waals surface area contributed by atoms with Crippen LogP contribution in [0.5, 0.6) is 5.75 Å². The Balaban J connectivity index is 1.88. The fourth-order valence-electron chi connectivity index (χ4n) is 3.87. The summed E-state index contributed by atoms with van der Waals surface area (Å²) in [6.07, 6.45) is 0. The van der Waals surface area contributed by atoms with Gasteiger partial charge in [-0.1, -0.05) is 80.6 Å². The molecule has 3 nitrogen and oxygen atoms in total. The first-order valence-electron chi connectivity index (χ1n) is 9.79. The van der Waals surface area contributed by atoms with Gasteiger partial charge in [-0.3, -0.25) is 0 Å². The van der Waals surface area contributed by atoms with Crippen LogP contribution in [0.25, 0.3) is 0 Å². The van der Waals surface area contributed by atoms with Gasteiger partial charge < -0.3 is 9.64 Å². The predicted molar refractivity (Wildman–Crippen MR) is 115 cm³/mol. The number of rotatable bonds is 5. The van der Waals surface area contributed by atoms with E-state index < -0.39 is 0 Å². The smallest absolute Gasteiger partial charge is 0.121 e. The first kappa shape index (κ1) is 18.3. The molecule has 3 aromatic carbocycles. The number of nitrogens with zero attached hydrogens (tertiary/aromatic N) is 2. The third-order valence-corrected chi connectivity index (χ3v) is 5.20. The van der Waals surface area contributed by atoms with Crippen LogP contribution < -0.4 is 4.74 Å². The number of methoxy groups -OCH3 is 1. The highest BCUT2D eigenvalue weighted by Gasteiger charge is 2.32. The predicted octanol–water partition coefficient (Wildman–Crippen LogP) is 5.99. The molecule has 0 amide bonds. The van der Waals surface area contributed by atoms with Crippen LogP contribution in [0.15, 0.2) is 83.9 Å². The summed E-state index contributed by atoms with van der Waals surface area (Å²) < 4.78 is 5.46. The number of ether oxygens (including phenoxy) is 1. The molecule has 0 aromatic heterocycles. The van der Waals surface area contributed by atoms with Gasteiger partial charge in [-0.05, 0) is 17.2 Å². The van der Waals surface area contributed by atoms with E-state index in [1.807, 2.05) is 12.1 Å². The Morgan fingerprint density at radius 3 is 2.25 bits per heavy atom. The highest BCUT2D eigenvalue weighted by molar-refractivity contribution is 5.90. The molecule has 0 saturated carbocycles. The molecule has 4 rings (SSSR count). The third kappa shape index (κ3) is 3.53. The molecule has 0 saturated heterocycles. The van der Waals surface area contributed by atoms with Gasteiger partial charge in [0.25, 0.3) is 0 Å². The van der Waals surface area contributed by atoms with E-state index in [0.717, 1.165) is 23.8 Å². The van der Waals surface area contributed by atoms with Crippen LogP contribution in [0, 0.1) is 5.92 Å². The summed E-state index contributed by atoms with van der Waals surface area (Å²) in [7, 11) is 1.70. The second kappa shape index (κ2) is 7.89. The first-order chi connectivity index (χ1) is 13.7. The van der Waals surface area contributed by atoms with Crippen LogP contribution in [0.1, 0.15) is 36.6 Å². The molecule has 1 atom stereocenters. The van der Waals surface area contributed by atoms with E-state index in [1.54, 1.807) is 7.11 Å². The zero-order valence-electron chi connectivity index (χ0n) is 16.7. The van der Waals surface area contributed by atoms with Gasteiger partial charge in [0.15, 0.2) is 0 Å². The maximum absolute atomic E-state index is 5.46. The summed E-state index contributed by atoms with van der Waals surface area (Å²) in [6, 6.07) is 27.7. The number of hydrogen-bond donors (Lipinski definition) is 0. The van der Waals surface area contributed by atoms with Crippen molar-refractivity contribution in [2.75, 3.05) is 7.11 Å². The highest BCUT2D eigenvalue weighted by atomic mass is 16.5. The van der Waals surface area contributed by atoms with Crippen LogP contribution in [-0.4, -0.2) is 17.8 Å². The molecule has 142 valence electrons. The molecule has 1 unspecified atom stereocenters. The molecule has 1 heterocycles. The van der Waals surface area contributed by atoms with Crippen molar-refractivity contribution in [2.45, 2.75) is 26.4 Å². The summed E-state index contributed by atoms with van der Waals surface area (Å²) in [5, 5.41) is 0. The van der Waals surface area contributed by atoms with E-state index >= 15 is 0 Å². The Hall–Kier alpha value is -3.07. The second-order valence-corrected chi connectivity index (χ2v) is 7.48. The quantitative estimate of drug-likeness (QED) is 0.551. The minimum Gasteiger partial charge on any atom is -0.497 e. The minimum atomic E-state index is 0.122. The zero-order valence-corrected chi connectivity index (χ0v) is 16.7. The summed E-state index contributed by atoms with van der Waals surface area (Å²) in [4.78, 5) is 7.52. The molecular weight excluding hydrogens is 344 g/mol. The SMILES string of the molecule is COc1ccc2c(c1)N=C(C(C)C)N(Cc1ccccc1)C2c1ccccc1. The lowest BCUT2D eigenvalue weighted by Crippen LogP contribution is -2.39. The topological polar surface area (TPSA) is 24.8 Å². The minimum absolute atomic E-state index is 0.122. The monoisotopic (exact) mass is 370 g/mol. The van der Waals surface area contributed by atoms with Crippen LogP contribution in [0.3, 0.4) is 0 Å².